The maximum absolute atomic E-state index is 10.7. The van der Waals surface area contributed by atoms with Crippen molar-refractivity contribution in [3.63, 3.8) is 0 Å². The van der Waals surface area contributed by atoms with Gasteiger partial charge in [-0.1, -0.05) is 0 Å². The van der Waals surface area contributed by atoms with E-state index in [0.717, 1.165) is 0 Å². The summed E-state index contributed by atoms with van der Waals surface area (Å²) in [4.78, 5) is 14.8. The predicted molar refractivity (Wildman–Crippen MR) is 53.4 cm³/mol. The maximum atomic E-state index is 10.7. The van der Waals surface area contributed by atoms with E-state index < -0.39 is 5.97 Å². The Balaban J connectivity index is 2.77. The van der Waals surface area contributed by atoms with E-state index in [1.54, 1.807) is 6.92 Å². The largest absolute Gasteiger partial charge is 0.478 e. The van der Waals surface area contributed by atoms with Gasteiger partial charge in [-0.2, -0.15) is 0 Å². The second kappa shape index (κ2) is 3.09. The van der Waals surface area contributed by atoms with Gasteiger partial charge in [-0.05, 0) is 28.1 Å². The first kappa shape index (κ1) is 9.21. The minimum Gasteiger partial charge on any atom is -0.478 e. The molecule has 0 fully saturated rings. The molecule has 4 nitrogen and oxygen atoms in total. The number of aromatic carboxylic acids is 1. The molecule has 0 saturated heterocycles. The van der Waals surface area contributed by atoms with Crippen molar-refractivity contribution in [3.05, 3.63) is 28.1 Å². The Kier molecular flexibility index (Phi) is 2.03. The lowest BCUT2D eigenvalue weighted by Crippen LogP contribution is -1.95. The van der Waals surface area contributed by atoms with E-state index in [9.17, 15) is 4.79 Å². The molecule has 1 N–H and O–H groups in total. The van der Waals surface area contributed by atoms with Crippen molar-refractivity contribution in [1.82, 2.24) is 4.98 Å². The molecule has 1 aromatic carbocycles. The van der Waals surface area contributed by atoms with Gasteiger partial charge in [-0.15, -0.1) is 0 Å². The van der Waals surface area contributed by atoms with Crippen molar-refractivity contribution < 1.29 is 14.3 Å². The number of hydrogen-bond donors (Lipinski definition) is 1. The van der Waals surface area contributed by atoms with E-state index in [1.165, 1.54) is 12.1 Å². The van der Waals surface area contributed by atoms with Crippen LogP contribution in [0.4, 0.5) is 0 Å². The lowest BCUT2D eigenvalue weighted by Gasteiger charge is -1.95. The number of rotatable bonds is 1. The molecule has 0 aliphatic rings. The fraction of sp³-hybridized carbons (Fsp3) is 0.111. The van der Waals surface area contributed by atoms with Gasteiger partial charge in [0.05, 0.1) is 5.56 Å². The van der Waals surface area contributed by atoms with E-state index in [2.05, 4.69) is 20.9 Å². The summed E-state index contributed by atoms with van der Waals surface area (Å²) in [6, 6.07) is 2.97. The molecule has 0 spiro atoms. The molecule has 0 amide bonds. The molecule has 72 valence electrons. The van der Waals surface area contributed by atoms with E-state index in [4.69, 9.17) is 9.52 Å². The zero-order valence-corrected chi connectivity index (χ0v) is 8.83. The van der Waals surface area contributed by atoms with Crippen molar-refractivity contribution in [1.29, 1.82) is 0 Å². The van der Waals surface area contributed by atoms with E-state index in [1.807, 2.05) is 0 Å². The van der Waals surface area contributed by atoms with Gasteiger partial charge >= 0.3 is 5.97 Å². The number of benzene rings is 1. The van der Waals surface area contributed by atoms with Gasteiger partial charge in [0.25, 0.3) is 0 Å². The molecule has 0 aliphatic heterocycles. The molecule has 0 aliphatic carbocycles. The third-order valence-electron chi connectivity index (χ3n) is 1.80. The van der Waals surface area contributed by atoms with Crippen LogP contribution >= 0.6 is 15.9 Å². The lowest BCUT2D eigenvalue weighted by molar-refractivity contribution is 0.0697. The number of carbonyl (C=O) groups is 1. The summed E-state index contributed by atoms with van der Waals surface area (Å²) in [7, 11) is 0. The highest BCUT2D eigenvalue weighted by Crippen LogP contribution is 2.25. The molecule has 2 aromatic rings. The fourth-order valence-electron chi connectivity index (χ4n) is 1.22. The van der Waals surface area contributed by atoms with Crippen molar-refractivity contribution >= 4 is 33.0 Å². The molecule has 2 rings (SSSR count). The molecule has 1 aromatic heterocycles. The molecular formula is C9H6BrNO3. The Morgan fingerprint density at radius 1 is 1.57 bits per heavy atom. The molecule has 14 heavy (non-hydrogen) atoms. The first-order valence-corrected chi connectivity index (χ1v) is 4.67. The topological polar surface area (TPSA) is 63.3 Å². The van der Waals surface area contributed by atoms with Crippen LogP contribution in [0.2, 0.25) is 0 Å². The van der Waals surface area contributed by atoms with Crippen LogP contribution in [0.1, 0.15) is 16.2 Å². The average molecular weight is 256 g/mol. The van der Waals surface area contributed by atoms with Crippen LogP contribution < -0.4 is 0 Å². The van der Waals surface area contributed by atoms with Crippen LogP contribution in [0.3, 0.4) is 0 Å². The Morgan fingerprint density at radius 2 is 2.29 bits per heavy atom. The summed E-state index contributed by atoms with van der Waals surface area (Å²) < 4.78 is 5.86. The van der Waals surface area contributed by atoms with Crippen LogP contribution in [0.5, 0.6) is 0 Å². The highest BCUT2D eigenvalue weighted by molar-refractivity contribution is 9.10. The van der Waals surface area contributed by atoms with Gasteiger partial charge < -0.3 is 9.52 Å². The number of aromatic nitrogens is 1. The Labute approximate surface area is 87.7 Å². The molecule has 0 atom stereocenters. The van der Waals surface area contributed by atoms with Crippen molar-refractivity contribution in [2.75, 3.05) is 0 Å². The molecular weight excluding hydrogens is 250 g/mol. The molecule has 5 heteroatoms. The Bertz CT molecular complexity index is 518. The molecule has 0 unspecified atom stereocenters. The van der Waals surface area contributed by atoms with Gasteiger partial charge in [0.1, 0.15) is 5.52 Å². The summed E-state index contributed by atoms with van der Waals surface area (Å²) in [6.07, 6.45) is 0. The van der Waals surface area contributed by atoms with Crippen molar-refractivity contribution in [3.8, 4) is 0 Å². The number of fused-ring (bicyclic) bond motifs is 1. The monoisotopic (exact) mass is 255 g/mol. The minimum absolute atomic E-state index is 0.181. The van der Waals surface area contributed by atoms with Gasteiger partial charge in [0, 0.05) is 11.4 Å². The number of carboxylic acid groups (broad SMARTS) is 1. The summed E-state index contributed by atoms with van der Waals surface area (Å²) in [5, 5.41) is 8.79. The molecule has 0 radical (unpaired) electrons. The third kappa shape index (κ3) is 1.39. The zero-order valence-electron chi connectivity index (χ0n) is 7.24. The highest BCUT2D eigenvalue weighted by atomic mass is 79.9. The van der Waals surface area contributed by atoms with Crippen molar-refractivity contribution in [2.45, 2.75) is 6.92 Å². The van der Waals surface area contributed by atoms with E-state index >= 15 is 0 Å². The predicted octanol–water partition coefficient (Wildman–Crippen LogP) is 2.60. The van der Waals surface area contributed by atoms with Gasteiger partial charge in [-0.3, -0.25) is 0 Å². The molecule has 0 bridgehead atoms. The average Bonchev–Trinajstić information content (AvgIpc) is 2.45. The highest BCUT2D eigenvalue weighted by Gasteiger charge is 2.11. The number of halogens is 1. The van der Waals surface area contributed by atoms with Crippen LogP contribution in [0.25, 0.3) is 11.1 Å². The smallest absolute Gasteiger partial charge is 0.335 e. The first-order chi connectivity index (χ1) is 6.58. The SMILES string of the molecule is Cc1nc2c(Br)cc(C(=O)O)cc2o1. The third-order valence-corrected chi connectivity index (χ3v) is 2.41. The molecule has 1 heterocycles. The molecule has 0 saturated carbocycles. The Hall–Kier alpha value is -1.36. The minimum atomic E-state index is -0.985. The van der Waals surface area contributed by atoms with Crippen LogP contribution in [-0.2, 0) is 0 Å². The maximum Gasteiger partial charge on any atom is 0.335 e. The summed E-state index contributed by atoms with van der Waals surface area (Å²) in [6.45, 7) is 1.72. The van der Waals surface area contributed by atoms with Crippen LogP contribution in [0, 0.1) is 6.92 Å². The summed E-state index contributed by atoms with van der Waals surface area (Å²) in [5.41, 5.74) is 1.31. The first-order valence-electron chi connectivity index (χ1n) is 3.88. The normalized spacial score (nSPS) is 10.7. The van der Waals surface area contributed by atoms with Crippen LogP contribution in [-0.4, -0.2) is 16.1 Å². The summed E-state index contributed by atoms with van der Waals surface area (Å²) in [5.74, 6) is -0.468. The number of aryl methyl sites for hydroxylation is 1. The van der Waals surface area contributed by atoms with E-state index in [-0.39, 0.29) is 5.56 Å². The number of oxazole rings is 1. The second-order valence-electron chi connectivity index (χ2n) is 2.84. The Morgan fingerprint density at radius 3 is 2.93 bits per heavy atom. The standard InChI is InChI=1S/C9H6BrNO3/c1-4-11-8-6(10)2-5(9(12)13)3-7(8)14-4/h2-3H,1H3,(H,12,13). The second-order valence-corrected chi connectivity index (χ2v) is 3.70. The number of hydrogen-bond acceptors (Lipinski definition) is 3. The van der Waals surface area contributed by atoms with Crippen molar-refractivity contribution in [2.24, 2.45) is 0 Å². The quantitative estimate of drug-likeness (QED) is 0.851. The van der Waals surface area contributed by atoms with Gasteiger partial charge in [0.15, 0.2) is 11.5 Å². The van der Waals surface area contributed by atoms with E-state index in [0.29, 0.717) is 21.5 Å². The number of carboxylic acids is 1. The summed E-state index contributed by atoms with van der Waals surface area (Å²) >= 11 is 3.24. The van der Waals surface area contributed by atoms with Gasteiger partial charge in [0.2, 0.25) is 0 Å². The van der Waals surface area contributed by atoms with Crippen LogP contribution in [0.15, 0.2) is 21.0 Å². The number of nitrogens with zero attached hydrogens (tertiary/aromatic N) is 1. The van der Waals surface area contributed by atoms with Gasteiger partial charge in [-0.25, -0.2) is 9.78 Å². The fourth-order valence-corrected chi connectivity index (χ4v) is 1.75. The zero-order chi connectivity index (χ0) is 10.3. The lowest BCUT2D eigenvalue weighted by atomic mass is 10.2.